The van der Waals surface area contributed by atoms with Crippen LogP contribution < -0.4 is 16.4 Å². The zero-order valence-corrected chi connectivity index (χ0v) is 26.4. The Kier molecular flexibility index (Phi) is 12.3. The number of ether oxygens (including phenoxy) is 2. The van der Waals surface area contributed by atoms with E-state index in [9.17, 15) is 29.1 Å². The number of carbonyl (C=O) groups is 5. The van der Waals surface area contributed by atoms with Crippen molar-refractivity contribution in [3.63, 3.8) is 0 Å². The van der Waals surface area contributed by atoms with E-state index in [0.717, 1.165) is 10.5 Å². The van der Waals surface area contributed by atoms with Gasteiger partial charge in [0.25, 0.3) is 0 Å². The molecule has 0 aliphatic rings. The number of likely N-dealkylation sites (N-methyl/N-ethyl adjacent to an activating group) is 1. The molecule has 0 saturated heterocycles. The van der Waals surface area contributed by atoms with Crippen LogP contribution in [0.3, 0.4) is 0 Å². The van der Waals surface area contributed by atoms with Crippen LogP contribution in [-0.2, 0) is 35.1 Å². The van der Waals surface area contributed by atoms with Crippen molar-refractivity contribution in [1.82, 2.24) is 15.5 Å². The number of amides is 4. The summed E-state index contributed by atoms with van der Waals surface area (Å²) >= 11 is 0. The highest BCUT2D eigenvalue weighted by Gasteiger charge is 2.37. The van der Waals surface area contributed by atoms with Crippen molar-refractivity contribution in [1.29, 1.82) is 0 Å². The van der Waals surface area contributed by atoms with Gasteiger partial charge in [0.1, 0.15) is 35.1 Å². The van der Waals surface area contributed by atoms with Crippen LogP contribution >= 0.6 is 0 Å². The average Bonchev–Trinajstić information content (AvgIpc) is 2.89. The van der Waals surface area contributed by atoms with Crippen molar-refractivity contribution >= 4 is 29.8 Å². The van der Waals surface area contributed by atoms with Gasteiger partial charge in [0.15, 0.2) is 0 Å². The molecule has 0 radical (unpaired) electrons. The Morgan fingerprint density at radius 2 is 1.48 bits per heavy atom. The number of rotatable bonds is 12. The molecule has 2 aromatic rings. The van der Waals surface area contributed by atoms with Gasteiger partial charge in [-0.3, -0.25) is 14.4 Å². The molecular weight excluding hydrogens is 568 g/mol. The van der Waals surface area contributed by atoms with Gasteiger partial charge in [-0.2, -0.15) is 0 Å². The Morgan fingerprint density at radius 3 is 2.02 bits per heavy atom. The van der Waals surface area contributed by atoms with Crippen LogP contribution in [0.2, 0.25) is 0 Å². The summed E-state index contributed by atoms with van der Waals surface area (Å²) < 4.78 is 10.9. The molecule has 2 aromatic carbocycles. The van der Waals surface area contributed by atoms with Crippen molar-refractivity contribution in [2.45, 2.75) is 90.1 Å². The second-order valence-corrected chi connectivity index (χ2v) is 12.4. The molecule has 0 spiro atoms. The number of primary amides is 1. The van der Waals surface area contributed by atoms with Gasteiger partial charge in [-0.1, -0.05) is 42.5 Å². The van der Waals surface area contributed by atoms with Gasteiger partial charge in [0.05, 0.1) is 0 Å². The lowest BCUT2D eigenvalue weighted by Crippen LogP contribution is -2.54. The van der Waals surface area contributed by atoms with E-state index in [0.29, 0.717) is 0 Å². The number of hydrogen-bond acceptors (Lipinski definition) is 8. The Hall–Kier alpha value is -4.61. The number of alkyl carbamates (subject to hydrolysis) is 1. The summed E-state index contributed by atoms with van der Waals surface area (Å²) in [6.45, 7) is 10.1. The number of benzene rings is 2. The Balaban J connectivity index is 2.48. The Morgan fingerprint density at radius 1 is 0.864 bits per heavy atom. The SMILES string of the molecule is CN(C(=O)C(CCC(N)=O)NC(=O)OC(C)(C)C)C(C(=O)NC(Cc1ccccc1)C(=O)OC(C)(C)C)c1cccc(O)c1. The van der Waals surface area contributed by atoms with Crippen molar-refractivity contribution in [2.75, 3.05) is 7.05 Å². The molecule has 240 valence electrons. The van der Waals surface area contributed by atoms with Gasteiger partial charge in [0.2, 0.25) is 17.7 Å². The summed E-state index contributed by atoms with van der Waals surface area (Å²) in [6.07, 6.45) is -1.20. The molecule has 0 aliphatic carbocycles. The molecule has 0 bridgehead atoms. The minimum Gasteiger partial charge on any atom is -0.508 e. The third-order valence-electron chi connectivity index (χ3n) is 6.13. The van der Waals surface area contributed by atoms with Gasteiger partial charge < -0.3 is 35.8 Å². The van der Waals surface area contributed by atoms with Crippen LogP contribution in [0.1, 0.15) is 71.6 Å². The van der Waals surface area contributed by atoms with Gasteiger partial charge in [-0.25, -0.2) is 9.59 Å². The molecule has 0 saturated carbocycles. The molecule has 44 heavy (non-hydrogen) atoms. The molecule has 0 aliphatic heterocycles. The van der Waals surface area contributed by atoms with Crippen LogP contribution in [0, 0.1) is 0 Å². The second-order valence-electron chi connectivity index (χ2n) is 12.4. The van der Waals surface area contributed by atoms with E-state index in [1.165, 1.54) is 31.3 Å². The fourth-order valence-electron chi connectivity index (χ4n) is 4.28. The molecule has 0 aromatic heterocycles. The maximum Gasteiger partial charge on any atom is 0.408 e. The summed E-state index contributed by atoms with van der Waals surface area (Å²) in [5.74, 6) is -3.02. The molecular formula is C32H44N4O8. The van der Waals surface area contributed by atoms with Crippen molar-refractivity contribution in [2.24, 2.45) is 5.73 Å². The lowest BCUT2D eigenvalue weighted by molar-refractivity contribution is -0.159. The first-order chi connectivity index (χ1) is 20.4. The summed E-state index contributed by atoms with van der Waals surface area (Å²) in [5, 5.41) is 15.4. The number of nitrogens with zero attached hydrogens (tertiary/aromatic N) is 1. The first-order valence-electron chi connectivity index (χ1n) is 14.3. The van der Waals surface area contributed by atoms with Gasteiger partial charge in [0, 0.05) is 19.9 Å². The third kappa shape index (κ3) is 11.9. The smallest absolute Gasteiger partial charge is 0.408 e. The third-order valence-corrected chi connectivity index (χ3v) is 6.13. The first kappa shape index (κ1) is 35.6. The number of nitrogens with one attached hydrogen (secondary N) is 2. The maximum absolute atomic E-state index is 14.0. The highest BCUT2D eigenvalue weighted by molar-refractivity contribution is 5.94. The lowest BCUT2D eigenvalue weighted by Gasteiger charge is -2.33. The van der Waals surface area contributed by atoms with Gasteiger partial charge >= 0.3 is 12.1 Å². The van der Waals surface area contributed by atoms with E-state index in [4.69, 9.17) is 15.2 Å². The molecule has 2 rings (SSSR count). The van der Waals surface area contributed by atoms with E-state index in [1.807, 2.05) is 6.07 Å². The minimum absolute atomic E-state index is 0.105. The quantitative estimate of drug-likeness (QED) is 0.264. The summed E-state index contributed by atoms with van der Waals surface area (Å²) in [6, 6.07) is 11.0. The summed E-state index contributed by atoms with van der Waals surface area (Å²) in [4.78, 5) is 66.3. The van der Waals surface area contributed by atoms with Crippen LogP contribution in [0.15, 0.2) is 54.6 Å². The molecule has 3 unspecified atom stereocenters. The van der Waals surface area contributed by atoms with E-state index >= 15 is 0 Å². The monoisotopic (exact) mass is 612 g/mol. The normalized spacial score (nSPS) is 13.5. The van der Waals surface area contributed by atoms with E-state index in [2.05, 4.69) is 10.6 Å². The van der Waals surface area contributed by atoms with E-state index in [-0.39, 0.29) is 30.6 Å². The fraction of sp³-hybridized carbons (Fsp3) is 0.469. The zero-order chi connectivity index (χ0) is 33.2. The lowest BCUT2D eigenvalue weighted by atomic mass is 10.0. The molecule has 5 N–H and O–H groups in total. The second kappa shape index (κ2) is 15.2. The predicted octanol–water partition coefficient (Wildman–Crippen LogP) is 3.12. The van der Waals surface area contributed by atoms with E-state index < -0.39 is 59.1 Å². The minimum atomic E-state index is -1.37. The fourth-order valence-corrected chi connectivity index (χ4v) is 4.28. The largest absolute Gasteiger partial charge is 0.508 e. The molecule has 0 heterocycles. The highest BCUT2D eigenvalue weighted by Crippen LogP contribution is 2.25. The van der Waals surface area contributed by atoms with Crippen molar-refractivity contribution < 1.29 is 38.6 Å². The number of carbonyl (C=O) groups excluding carboxylic acids is 5. The molecule has 12 nitrogen and oxygen atoms in total. The Bertz CT molecular complexity index is 1320. The Labute approximate surface area is 258 Å². The highest BCUT2D eigenvalue weighted by atomic mass is 16.6. The number of phenols is 1. The van der Waals surface area contributed by atoms with Crippen LogP contribution in [-0.4, -0.2) is 70.1 Å². The van der Waals surface area contributed by atoms with Crippen molar-refractivity contribution in [3.05, 3.63) is 65.7 Å². The molecule has 4 amide bonds. The summed E-state index contributed by atoms with van der Waals surface area (Å²) in [5.41, 5.74) is 4.59. The van der Waals surface area contributed by atoms with Gasteiger partial charge in [-0.15, -0.1) is 0 Å². The number of aromatic hydroxyl groups is 1. The van der Waals surface area contributed by atoms with Crippen LogP contribution in [0.5, 0.6) is 5.75 Å². The number of hydrogen-bond donors (Lipinski definition) is 4. The summed E-state index contributed by atoms with van der Waals surface area (Å²) in [7, 11) is 1.34. The maximum atomic E-state index is 14.0. The standard InChI is InChI=1S/C32H44N4O8/c1-31(2,3)43-29(41)24(18-20-12-9-8-10-13-20)34-27(39)26(21-14-11-15-22(37)19-21)36(7)28(40)23(16-17-25(33)38)35-30(42)44-32(4,5)6/h8-15,19,23-24,26,37H,16-18H2,1-7H3,(H2,33,38)(H,34,39)(H,35,42). The number of esters is 1. The first-order valence-corrected chi connectivity index (χ1v) is 14.3. The topological polar surface area (TPSA) is 177 Å². The zero-order valence-electron chi connectivity index (χ0n) is 26.4. The van der Waals surface area contributed by atoms with E-state index in [1.54, 1.807) is 65.8 Å². The molecule has 0 fully saturated rings. The molecule has 12 heteroatoms. The van der Waals surface area contributed by atoms with Gasteiger partial charge in [-0.05, 0) is 71.2 Å². The average molecular weight is 613 g/mol. The molecule has 3 atom stereocenters. The van der Waals surface area contributed by atoms with Crippen molar-refractivity contribution in [3.8, 4) is 5.75 Å². The predicted molar refractivity (Wildman–Crippen MR) is 163 cm³/mol. The van der Waals surface area contributed by atoms with Crippen LogP contribution in [0.4, 0.5) is 4.79 Å². The number of nitrogens with two attached hydrogens (primary N) is 1. The van der Waals surface area contributed by atoms with Crippen LogP contribution in [0.25, 0.3) is 0 Å². The number of phenolic OH excluding ortho intramolecular Hbond substituents is 1.